The Kier molecular flexibility index (Phi) is 3.14. The highest BCUT2D eigenvalue weighted by Crippen LogP contribution is 2.18. The lowest BCUT2D eigenvalue weighted by Crippen LogP contribution is -2.17. The minimum absolute atomic E-state index is 0.192. The van der Waals surface area contributed by atoms with Gasteiger partial charge in [-0.3, -0.25) is 4.79 Å². The van der Waals surface area contributed by atoms with E-state index in [0.29, 0.717) is 23.1 Å². The second-order valence-electron chi connectivity index (χ2n) is 4.10. The number of benzene rings is 1. The van der Waals surface area contributed by atoms with Gasteiger partial charge in [-0.05, 0) is 25.0 Å². The van der Waals surface area contributed by atoms with Crippen LogP contribution in [-0.4, -0.2) is 9.97 Å². The molecule has 0 amide bonds. The van der Waals surface area contributed by atoms with Gasteiger partial charge in [0.15, 0.2) is 0 Å². The van der Waals surface area contributed by atoms with Crippen LogP contribution in [0.2, 0.25) is 0 Å². The van der Waals surface area contributed by atoms with Gasteiger partial charge in [0.2, 0.25) is 0 Å². The number of nitrogens with one attached hydrogen (secondary N) is 1. The molecule has 2 rings (SSSR count). The number of hydrogen-bond donors (Lipinski definition) is 2. The molecule has 3 N–H and O–H groups in total. The average molecular weight is 247 g/mol. The van der Waals surface area contributed by atoms with Crippen molar-refractivity contribution in [1.82, 2.24) is 9.97 Å². The lowest BCUT2D eigenvalue weighted by molar-refractivity contribution is 0.619. The highest BCUT2D eigenvalue weighted by Gasteiger charge is 2.09. The number of nitrogens with two attached hydrogens (primary N) is 1. The fourth-order valence-corrected chi connectivity index (χ4v) is 1.73. The summed E-state index contributed by atoms with van der Waals surface area (Å²) in [5.41, 5.74) is 6.93. The smallest absolute Gasteiger partial charge is 0.256 e. The Hall–Kier alpha value is -2.17. The monoisotopic (exact) mass is 247 g/mol. The summed E-state index contributed by atoms with van der Waals surface area (Å²) in [6.07, 6.45) is 0.511. The Morgan fingerprint density at radius 1 is 1.44 bits per heavy atom. The van der Waals surface area contributed by atoms with E-state index in [2.05, 4.69) is 9.97 Å². The zero-order valence-corrected chi connectivity index (χ0v) is 10.2. The number of aryl methyl sites for hydroxylation is 1. The van der Waals surface area contributed by atoms with E-state index in [-0.39, 0.29) is 23.0 Å². The largest absolute Gasteiger partial charge is 0.383 e. The third-order valence-electron chi connectivity index (χ3n) is 2.85. The SMILES string of the molecule is CCc1c(N)nc(-c2ccc(C)c(F)c2)[nH]c1=O. The van der Waals surface area contributed by atoms with E-state index < -0.39 is 0 Å². The summed E-state index contributed by atoms with van der Waals surface area (Å²) in [6, 6.07) is 4.66. The van der Waals surface area contributed by atoms with Crippen LogP contribution in [0.1, 0.15) is 18.1 Å². The summed E-state index contributed by atoms with van der Waals surface area (Å²) in [7, 11) is 0. The van der Waals surface area contributed by atoms with E-state index in [9.17, 15) is 9.18 Å². The van der Waals surface area contributed by atoms with Crippen LogP contribution < -0.4 is 11.3 Å². The fourth-order valence-electron chi connectivity index (χ4n) is 1.73. The van der Waals surface area contributed by atoms with Gasteiger partial charge in [0.1, 0.15) is 17.5 Å². The molecule has 0 unspecified atom stereocenters. The van der Waals surface area contributed by atoms with Crippen molar-refractivity contribution in [3.05, 3.63) is 45.5 Å². The molecule has 0 saturated heterocycles. The van der Waals surface area contributed by atoms with Crippen LogP contribution in [0, 0.1) is 12.7 Å². The topological polar surface area (TPSA) is 71.8 Å². The summed E-state index contributed by atoms with van der Waals surface area (Å²) in [4.78, 5) is 18.5. The Morgan fingerprint density at radius 3 is 2.72 bits per heavy atom. The van der Waals surface area contributed by atoms with Gasteiger partial charge >= 0.3 is 0 Å². The van der Waals surface area contributed by atoms with Gasteiger partial charge in [0, 0.05) is 5.56 Å². The molecule has 0 aliphatic heterocycles. The highest BCUT2D eigenvalue weighted by molar-refractivity contribution is 5.58. The number of nitrogen functional groups attached to an aromatic ring is 1. The average Bonchev–Trinajstić information content (AvgIpc) is 2.32. The molecular weight excluding hydrogens is 233 g/mol. The van der Waals surface area contributed by atoms with E-state index in [1.54, 1.807) is 19.1 Å². The second-order valence-corrected chi connectivity index (χ2v) is 4.10. The van der Waals surface area contributed by atoms with Crippen LogP contribution >= 0.6 is 0 Å². The van der Waals surface area contributed by atoms with Crippen LogP contribution in [0.25, 0.3) is 11.4 Å². The van der Waals surface area contributed by atoms with Crippen molar-refractivity contribution in [2.75, 3.05) is 5.73 Å². The number of aromatic amines is 1. The van der Waals surface area contributed by atoms with Crippen LogP contribution in [0.15, 0.2) is 23.0 Å². The van der Waals surface area contributed by atoms with Gasteiger partial charge < -0.3 is 10.7 Å². The van der Waals surface area contributed by atoms with Gasteiger partial charge in [0.05, 0.1) is 5.56 Å². The van der Waals surface area contributed by atoms with Crippen molar-refractivity contribution in [2.45, 2.75) is 20.3 Å². The van der Waals surface area contributed by atoms with Gasteiger partial charge in [0.25, 0.3) is 5.56 Å². The summed E-state index contributed by atoms with van der Waals surface area (Å²) in [6.45, 7) is 3.50. The van der Waals surface area contributed by atoms with Gasteiger partial charge in [-0.15, -0.1) is 0 Å². The van der Waals surface area contributed by atoms with Gasteiger partial charge in [-0.1, -0.05) is 19.1 Å². The normalized spacial score (nSPS) is 10.6. The molecule has 0 spiro atoms. The predicted octanol–water partition coefficient (Wildman–Crippen LogP) is 2.03. The maximum atomic E-state index is 13.5. The van der Waals surface area contributed by atoms with Crippen LogP contribution in [0.3, 0.4) is 0 Å². The van der Waals surface area contributed by atoms with Crippen molar-refractivity contribution in [3.8, 4) is 11.4 Å². The van der Waals surface area contributed by atoms with Crippen LogP contribution in [-0.2, 0) is 6.42 Å². The summed E-state index contributed by atoms with van der Waals surface area (Å²) >= 11 is 0. The Balaban J connectivity index is 2.58. The van der Waals surface area contributed by atoms with Gasteiger partial charge in [-0.2, -0.15) is 0 Å². The maximum Gasteiger partial charge on any atom is 0.256 e. The summed E-state index contributed by atoms with van der Waals surface area (Å²) in [5.74, 6) is 0.138. The second kappa shape index (κ2) is 4.60. The van der Waals surface area contributed by atoms with Crippen LogP contribution in [0.5, 0.6) is 0 Å². The molecule has 1 aromatic carbocycles. The standard InChI is InChI=1S/C13H14FN3O/c1-3-9-11(15)16-12(17-13(9)18)8-5-4-7(2)10(14)6-8/h4-6H,3H2,1-2H3,(H3,15,16,17,18). The molecule has 0 aliphatic rings. The van der Waals surface area contributed by atoms with Crippen molar-refractivity contribution < 1.29 is 4.39 Å². The molecular formula is C13H14FN3O. The van der Waals surface area contributed by atoms with E-state index in [1.165, 1.54) is 6.07 Å². The summed E-state index contributed by atoms with van der Waals surface area (Å²) in [5, 5.41) is 0. The first-order chi connectivity index (χ1) is 8.52. The molecule has 1 heterocycles. The minimum Gasteiger partial charge on any atom is -0.383 e. The van der Waals surface area contributed by atoms with Crippen LogP contribution in [0.4, 0.5) is 10.2 Å². The zero-order chi connectivity index (χ0) is 13.3. The predicted molar refractivity (Wildman–Crippen MR) is 68.8 cm³/mol. The zero-order valence-electron chi connectivity index (χ0n) is 10.2. The Morgan fingerprint density at radius 2 is 2.17 bits per heavy atom. The first kappa shape index (κ1) is 12.3. The van der Waals surface area contributed by atoms with E-state index in [1.807, 2.05) is 6.92 Å². The lowest BCUT2D eigenvalue weighted by atomic mass is 10.1. The van der Waals surface area contributed by atoms with E-state index >= 15 is 0 Å². The Labute approximate surface area is 104 Å². The number of halogens is 1. The fraction of sp³-hybridized carbons (Fsp3) is 0.231. The molecule has 1 aromatic heterocycles. The maximum absolute atomic E-state index is 13.5. The van der Waals surface area contributed by atoms with Crippen molar-refractivity contribution >= 4 is 5.82 Å². The van der Waals surface area contributed by atoms with Gasteiger partial charge in [-0.25, -0.2) is 9.37 Å². The quantitative estimate of drug-likeness (QED) is 0.852. The molecule has 2 aromatic rings. The minimum atomic E-state index is -0.340. The van der Waals surface area contributed by atoms with Crippen molar-refractivity contribution in [3.63, 3.8) is 0 Å². The third kappa shape index (κ3) is 2.11. The molecule has 0 radical (unpaired) electrons. The number of anilines is 1. The molecule has 18 heavy (non-hydrogen) atoms. The van der Waals surface area contributed by atoms with E-state index in [4.69, 9.17) is 5.73 Å². The lowest BCUT2D eigenvalue weighted by Gasteiger charge is -2.06. The number of nitrogens with zero attached hydrogens (tertiary/aromatic N) is 1. The van der Waals surface area contributed by atoms with Crippen molar-refractivity contribution in [2.24, 2.45) is 0 Å². The number of aromatic nitrogens is 2. The molecule has 0 fully saturated rings. The molecule has 0 aliphatic carbocycles. The van der Waals surface area contributed by atoms with E-state index in [0.717, 1.165) is 0 Å². The highest BCUT2D eigenvalue weighted by atomic mass is 19.1. The molecule has 4 nitrogen and oxygen atoms in total. The molecule has 5 heteroatoms. The number of H-pyrrole nitrogens is 1. The van der Waals surface area contributed by atoms with Crippen molar-refractivity contribution in [1.29, 1.82) is 0 Å². The molecule has 0 saturated carbocycles. The molecule has 94 valence electrons. The molecule has 0 atom stereocenters. The third-order valence-corrected chi connectivity index (χ3v) is 2.85. The number of rotatable bonds is 2. The summed E-state index contributed by atoms with van der Waals surface area (Å²) < 4.78 is 13.5. The first-order valence-corrected chi connectivity index (χ1v) is 5.68. The number of hydrogen-bond acceptors (Lipinski definition) is 3. The Bertz CT molecular complexity index is 649. The first-order valence-electron chi connectivity index (χ1n) is 5.68. The molecule has 0 bridgehead atoms.